The van der Waals surface area contributed by atoms with Crippen molar-refractivity contribution in [3.8, 4) is 11.5 Å². The van der Waals surface area contributed by atoms with E-state index in [0.717, 1.165) is 10.1 Å². The van der Waals surface area contributed by atoms with Crippen LogP contribution in [-0.4, -0.2) is 51.1 Å². The topological polar surface area (TPSA) is 97.0 Å². The molecule has 8 nitrogen and oxygen atoms in total. The van der Waals surface area contributed by atoms with Gasteiger partial charge in [-0.25, -0.2) is 12.7 Å². The maximum Gasteiger partial charge on any atom is 0.257 e. The normalized spacial score (nSPS) is 11.0. The lowest BCUT2D eigenvalue weighted by atomic mass is 10.2. The van der Waals surface area contributed by atoms with Crippen LogP contribution in [0.2, 0.25) is 0 Å². The van der Waals surface area contributed by atoms with E-state index >= 15 is 0 Å². The fourth-order valence-corrected chi connectivity index (χ4v) is 3.93. The third-order valence-electron chi connectivity index (χ3n) is 4.58. The minimum Gasteiger partial charge on any atom is -0.490 e. The highest BCUT2D eigenvalue weighted by atomic mass is 32.2. The first-order valence-corrected chi connectivity index (χ1v) is 12.2. The number of hydrogen-bond acceptors (Lipinski definition) is 6. The molecule has 3 rings (SSSR count). The van der Waals surface area contributed by atoms with Gasteiger partial charge in [-0.3, -0.25) is 10.1 Å². The van der Waals surface area contributed by atoms with Crippen molar-refractivity contribution in [2.24, 2.45) is 0 Å². The molecule has 1 amide bonds. The van der Waals surface area contributed by atoms with Crippen LogP contribution in [0.25, 0.3) is 0 Å². The molecular formula is C24H25N3O5S2. The van der Waals surface area contributed by atoms with Gasteiger partial charge in [-0.05, 0) is 66.8 Å². The van der Waals surface area contributed by atoms with Crippen molar-refractivity contribution >= 4 is 38.9 Å². The van der Waals surface area contributed by atoms with Crippen LogP contribution >= 0.6 is 12.2 Å². The summed E-state index contributed by atoms with van der Waals surface area (Å²) in [6, 6.07) is 22.2. The van der Waals surface area contributed by atoms with Gasteiger partial charge in [-0.15, -0.1) is 0 Å². The molecule has 3 aromatic carbocycles. The molecule has 0 aromatic heterocycles. The highest BCUT2D eigenvalue weighted by molar-refractivity contribution is 7.89. The lowest BCUT2D eigenvalue weighted by Gasteiger charge is -2.13. The zero-order valence-corrected chi connectivity index (χ0v) is 20.4. The second-order valence-electron chi connectivity index (χ2n) is 7.26. The summed E-state index contributed by atoms with van der Waals surface area (Å²) < 4.78 is 36.7. The summed E-state index contributed by atoms with van der Waals surface area (Å²) in [6.07, 6.45) is 0. The van der Waals surface area contributed by atoms with Gasteiger partial charge in [0.15, 0.2) is 5.11 Å². The maximum atomic E-state index is 12.6. The molecule has 0 radical (unpaired) electrons. The molecule has 0 heterocycles. The summed E-state index contributed by atoms with van der Waals surface area (Å²) in [5.74, 6) is 0.880. The molecule has 178 valence electrons. The van der Waals surface area contributed by atoms with Crippen molar-refractivity contribution in [1.29, 1.82) is 0 Å². The Morgan fingerprint density at radius 1 is 0.882 bits per heavy atom. The summed E-state index contributed by atoms with van der Waals surface area (Å²) >= 11 is 5.21. The number of anilines is 1. The molecule has 0 atom stereocenters. The summed E-state index contributed by atoms with van der Waals surface area (Å²) in [7, 11) is -0.595. The number of sulfonamides is 1. The van der Waals surface area contributed by atoms with Crippen LogP contribution in [0.5, 0.6) is 11.5 Å². The first-order valence-electron chi connectivity index (χ1n) is 10.3. The second kappa shape index (κ2) is 11.6. The van der Waals surface area contributed by atoms with Gasteiger partial charge in [0.2, 0.25) is 10.0 Å². The fourth-order valence-electron chi connectivity index (χ4n) is 2.82. The minimum atomic E-state index is -3.52. The van der Waals surface area contributed by atoms with E-state index in [4.69, 9.17) is 21.7 Å². The molecule has 0 saturated carbocycles. The first kappa shape index (κ1) is 25.2. The maximum absolute atomic E-state index is 12.6. The Kier molecular flexibility index (Phi) is 8.58. The Bertz CT molecular complexity index is 1230. The molecule has 10 heteroatoms. The van der Waals surface area contributed by atoms with Crippen LogP contribution in [0.3, 0.4) is 0 Å². The molecule has 0 fully saturated rings. The smallest absolute Gasteiger partial charge is 0.257 e. The van der Waals surface area contributed by atoms with Gasteiger partial charge in [-0.1, -0.05) is 24.3 Å². The highest BCUT2D eigenvalue weighted by Gasteiger charge is 2.17. The zero-order valence-electron chi connectivity index (χ0n) is 18.7. The van der Waals surface area contributed by atoms with Crippen molar-refractivity contribution in [3.05, 3.63) is 84.4 Å². The molecule has 0 aliphatic heterocycles. The van der Waals surface area contributed by atoms with Gasteiger partial charge in [-0.2, -0.15) is 0 Å². The standard InChI is InChI=1S/C24H25N3O5S2/c1-27(2)34(29,30)22-13-11-19(12-14-22)25-24(33)26-23(28)18-7-6-10-21(17-18)32-16-15-31-20-8-4-3-5-9-20/h3-14,17H,15-16H2,1-2H3,(H2,25,26,28,33). The number of thiocarbonyl (C=S) groups is 1. The molecule has 0 bridgehead atoms. The molecule has 34 heavy (non-hydrogen) atoms. The van der Waals surface area contributed by atoms with Gasteiger partial charge in [0.25, 0.3) is 5.91 Å². The number of carbonyl (C=O) groups is 1. The number of nitrogens with one attached hydrogen (secondary N) is 2. The number of rotatable bonds is 9. The molecule has 0 aliphatic rings. The van der Waals surface area contributed by atoms with Gasteiger partial charge < -0.3 is 14.8 Å². The van der Waals surface area contributed by atoms with Crippen LogP contribution in [0.1, 0.15) is 10.4 Å². The van der Waals surface area contributed by atoms with Crippen molar-refractivity contribution in [3.63, 3.8) is 0 Å². The quantitative estimate of drug-likeness (QED) is 0.343. The molecular weight excluding hydrogens is 474 g/mol. The van der Waals surface area contributed by atoms with E-state index in [1.54, 1.807) is 36.4 Å². The van der Waals surface area contributed by atoms with Gasteiger partial charge in [0.05, 0.1) is 4.90 Å². The molecule has 0 spiro atoms. The number of benzene rings is 3. The van der Waals surface area contributed by atoms with Crippen LogP contribution in [0.4, 0.5) is 5.69 Å². The Hall–Kier alpha value is -3.47. The van der Waals surface area contributed by atoms with Crippen LogP contribution in [-0.2, 0) is 10.0 Å². The second-order valence-corrected chi connectivity index (χ2v) is 9.82. The molecule has 2 N–H and O–H groups in total. The van der Waals surface area contributed by atoms with Crippen molar-refractivity contribution in [1.82, 2.24) is 9.62 Å². The SMILES string of the molecule is CN(C)S(=O)(=O)c1ccc(NC(=S)NC(=O)c2cccc(OCCOc3ccccc3)c2)cc1. The lowest BCUT2D eigenvalue weighted by Crippen LogP contribution is -2.34. The van der Waals surface area contributed by atoms with E-state index in [9.17, 15) is 13.2 Å². The monoisotopic (exact) mass is 499 g/mol. The summed E-state index contributed by atoms with van der Waals surface area (Å²) in [4.78, 5) is 12.7. The molecule has 0 aliphatic carbocycles. The predicted octanol–water partition coefficient (Wildman–Crippen LogP) is 3.52. The van der Waals surface area contributed by atoms with Crippen LogP contribution < -0.4 is 20.1 Å². The van der Waals surface area contributed by atoms with Crippen LogP contribution in [0.15, 0.2) is 83.8 Å². The lowest BCUT2D eigenvalue weighted by molar-refractivity contribution is 0.0977. The third-order valence-corrected chi connectivity index (χ3v) is 6.61. The van der Waals surface area contributed by atoms with Crippen molar-refractivity contribution in [2.45, 2.75) is 4.90 Å². The highest BCUT2D eigenvalue weighted by Crippen LogP contribution is 2.17. The average molecular weight is 500 g/mol. The summed E-state index contributed by atoms with van der Waals surface area (Å²) in [5, 5.41) is 5.54. The number of nitrogens with zero attached hydrogens (tertiary/aromatic N) is 1. The number of amides is 1. The van der Waals surface area contributed by atoms with Crippen LogP contribution in [0, 0.1) is 0 Å². The predicted molar refractivity (Wildman–Crippen MR) is 135 cm³/mol. The fraction of sp³-hybridized carbons (Fsp3) is 0.167. The zero-order chi connectivity index (χ0) is 24.6. The van der Waals surface area contributed by atoms with Crippen molar-refractivity contribution in [2.75, 3.05) is 32.6 Å². The summed E-state index contributed by atoms with van der Waals surface area (Å²) in [6.45, 7) is 0.683. The van der Waals surface area contributed by atoms with E-state index < -0.39 is 15.9 Å². The number of para-hydroxylation sites is 1. The number of ether oxygens (including phenoxy) is 2. The van der Waals surface area contributed by atoms with E-state index in [0.29, 0.717) is 30.2 Å². The Morgan fingerprint density at radius 3 is 2.15 bits per heavy atom. The number of carbonyl (C=O) groups excluding carboxylic acids is 1. The molecule has 3 aromatic rings. The van der Waals surface area contributed by atoms with E-state index in [-0.39, 0.29) is 10.0 Å². The van der Waals surface area contributed by atoms with E-state index in [2.05, 4.69) is 10.6 Å². The van der Waals surface area contributed by atoms with Gasteiger partial charge >= 0.3 is 0 Å². The third kappa shape index (κ3) is 7.01. The average Bonchev–Trinajstić information content (AvgIpc) is 2.83. The largest absolute Gasteiger partial charge is 0.490 e. The van der Waals surface area contributed by atoms with Crippen molar-refractivity contribution < 1.29 is 22.7 Å². The van der Waals surface area contributed by atoms with E-state index in [1.165, 1.54) is 26.2 Å². The Labute approximate surface area is 204 Å². The summed E-state index contributed by atoms with van der Waals surface area (Å²) in [5.41, 5.74) is 0.913. The first-order chi connectivity index (χ1) is 16.3. The minimum absolute atomic E-state index is 0.0794. The van der Waals surface area contributed by atoms with Gasteiger partial charge in [0.1, 0.15) is 24.7 Å². The Morgan fingerprint density at radius 2 is 1.50 bits per heavy atom. The Balaban J connectivity index is 1.50. The molecule has 0 unspecified atom stereocenters. The van der Waals surface area contributed by atoms with E-state index in [1.807, 2.05) is 30.3 Å². The van der Waals surface area contributed by atoms with Gasteiger partial charge in [0, 0.05) is 25.3 Å². The number of hydrogen-bond donors (Lipinski definition) is 2. The molecule has 0 saturated heterocycles.